The van der Waals surface area contributed by atoms with E-state index in [0.717, 1.165) is 44.9 Å². The van der Waals surface area contributed by atoms with Crippen molar-refractivity contribution in [2.24, 2.45) is 11.1 Å². The summed E-state index contributed by atoms with van der Waals surface area (Å²) in [6.07, 6.45) is 9.96. The van der Waals surface area contributed by atoms with Gasteiger partial charge in [-0.15, -0.1) is 0 Å². The van der Waals surface area contributed by atoms with Crippen molar-refractivity contribution in [3.63, 3.8) is 0 Å². The molecule has 0 bridgehead atoms. The summed E-state index contributed by atoms with van der Waals surface area (Å²) in [5, 5.41) is 0. The molecule has 0 saturated heterocycles. The lowest BCUT2D eigenvalue weighted by atomic mass is 9.80. The van der Waals surface area contributed by atoms with E-state index in [0.29, 0.717) is 18.0 Å². The van der Waals surface area contributed by atoms with Crippen LogP contribution in [0.1, 0.15) is 64.7 Å². The minimum Gasteiger partial charge on any atom is -0.342 e. The Morgan fingerprint density at radius 3 is 2.28 bits per heavy atom. The van der Waals surface area contributed by atoms with Gasteiger partial charge in [0.25, 0.3) is 0 Å². The van der Waals surface area contributed by atoms with Gasteiger partial charge in [0.05, 0.1) is 0 Å². The number of nitrogens with zero attached hydrogens (tertiary/aromatic N) is 1. The van der Waals surface area contributed by atoms with E-state index in [1.807, 2.05) is 7.05 Å². The average Bonchev–Trinajstić information content (AvgIpc) is 2.88. The zero-order chi connectivity index (χ0) is 13.2. The number of hydrogen-bond donors (Lipinski definition) is 1. The highest BCUT2D eigenvalue weighted by Gasteiger charge is 2.42. The van der Waals surface area contributed by atoms with E-state index in [1.165, 1.54) is 12.8 Å². The molecule has 0 aliphatic heterocycles. The lowest BCUT2D eigenvalue weighted by Crippen LogP contribution is -2.47. The molecule has 0 radical (unpaired) electrons. The Morgan fingerprint density at radius 1 is 1.22 bits per heavy atom. The quantitative estimate of drug-likeness (QED) is 0.839. The van der Waals surface area contributed by atoms with Crippen molar-refractivity contribution in [2.45, 2.75) is 76.8 Å². The number of rotatable bonds is 3. The van der Waals surface area contributed by atoms with Gasteiger partial charge in [-0.05, 0) is 44.9 Å². The summed E-state index contributed by atoms with van der Waals surface area (Å²) < 4.78 is 0. The van der Waals surface area contributed by atoms with Crippen molar-refractivity contribution < 1.29 is 4.79 Å². The summed E-state index contributed by atoms with van der Waals surface area (Å²) >= 11 is 0. The molecule has 2 rings (SSSR count). The highest BCUT2D eigenvalue weighted by atomic mass is 16.2. The van der Waals surface area contributed by atoms with Crippen LogP contribution in [0, 0.1) is 5.41 Å². The molecule has 2 N–H and O–H groups in total. The maximum Gasteiger partial charge on any atom is 0.228 e. The van der Waals surface area contributed by atoms with E-state index >= 15 is 0 Å². The Balaban J connectivity index is 1.99. The monoisotopic (exact) mass is 252 g/mol. The van der Waals surface area contributed by atoms with Gasteiger partial charge in [-0.2, -0.15) is 0 Å². The van der Waals surface area contributed by atoms with Crippen LogP contribution in [0.5, 0.6) is 0 Å². The number of carbonyl (C=O) groups is 1. The fourth-order valence-electron chi connectivity index (χ4n) is 3.80. The summed E-state index contributed by atoms with van der Waals surface area (Å²) in [6.45, 7) is 2.17. The first-order valence-corrected chi connectivity index (χ1v) is 7.62. The highest BCUT2D eigenvalue weighted by molar-refractivity contribution is 5.83. The third kappa shape index (κ3) is 2.56. The normalized spacial score (nSPS) is 31.3. The summed E-state index contributed by atoms with van der Waals surface area (Å²) in [4.78, 5) is 14.8. The van der Waals surface area contributed by atoms with E-state index in [4.69, 9.17) is 5.73 Å². The molecule has 0 aromatic rings. The fourth-order valence-corrected chi connectivity index (χ4v) is 3.80. The van der Waals surface area contributed by atoms with Gasteiger partial charge in [-0.25, -0.2) is 0 Å². The van der Waals surface area contributed by atoms with Crippen molar-refractivity contribution in [2.75, 3.05) is 7.05 Å². The zero-order valence-corrected chi connectivity index (χ0v) is 12.0. The molecule has 2 saturated carbocycles. The van der Waals surface area contributed by atoms with Crippen LogP contribution in [0.2, 0.25) is 0 Å². The third-order valence-electron chi connectivity index (χ3n) is 5.30. The van der Waals surface area contributed by atoms with Crippen molar-refractivity contribution in [1.82, 2.24) is 4.90 Å². The molecular weight excluding hydrogens is 224 g/mol. The molecule has 0 heterocycles. The van der Waals surface area contributed by atoms with Crippen LogP contribution >= 0.6 is 0 Å². The smallest absolute Gasteiger partial charge is 0.228 e. The van der Waals surface area contributed by atoms with Crippen LogP contribution in [-0.2, 0) is 4.79 Å². The second kappa shape index (κ2) is 5.60. The molecule has 2 aliphatic rings. The van der Waals surface area contributed by atoms with Crippen LogP contribution in [0.4, 0.5) is 0 Å². The topological polar surface area (TPSA) is 46.3 Å². The van der Waals surface area contributed by atoms with Gasteiger partial charge in [0.15, 0.2) is 0 Å². The highest BCUT2D eigenvalue weighted by Crippen LogP contribution is 2.43. The predicted molar refractivity (Wildman–Crippen MR) is 74.2 cm³/mol. The fraction of sp³-hybridized carbons (Fsp3) is 0.933. The van der Waals surface area contributed by atoms with E-state index in [2.05, 4.69) is 11.8 Å². The standard InChI is InChI=1S/C15H28N2O/c1-3-15(10-4-5-11-15)14(18)17(2)13-8-6-12(16)7-9-13/h12-13H,3-11,16H2,1-2H3. The summed E-state index contributed by atoms with van der Waals surface area (Å²) in [6, 6.07) is 0.790. The molecule has 3 heteroatoms. The maximum absolute atomic E-state index is 12.8. The van der Waals surface area contributed by atoms with Gasteiger partial charge in [0, 0.05) is 24.5 Å². The van der Waals surface area contributed by atoms with Crippen LogP contribution in [0.15, 0.2) is 0 Å². The third-order valence-corrected chi connectivity index (χ3v) is 5.30. The number of carbonyl (C=O) groups excluding carboxylic acids is 1. The van der Waals surface area contributed by atoms with Crippen LogP contribution in [0.3, 0.4) is 0 Å². The molecule has 2 aliphatic carbocycles. The largest absolute Gasteiger partial charge is 0.342 e. The van der Waals surface area contributed by atoms with Gasteiger partial charge < -0.3 is 10.6 Å². The van der Waals surface area contributed by atoms with Gasteiger partial charge >= 0.3 is 0 Å². The Labute approximate surface area is 111 Å². The maximum atomic E-state index is 12.8. The van der Waals surface area contributed by atoms with Crippen molar-refractivity contribution in [1.29, 1.82) is 0 Å². The number of nitrogens with two attached hydrogens (primary N) is 1. The molecule has 0 aromatic carbocycles. The minimum atomic E-state index is -0.0334. The molecule has 0 atom stereocenters. The molecule has 18 heavy (non-hydrogen) atoms. The van der Waals surface area contributed by atoms with E-state index in [-0.39, 0.29) is 5.41 Å². The van der Waals surface area contributed by atoms with E-state index < -0.39 is 0 Å². The molecular formula is C15H28N2O. The molecule has 2 fully saturated rings. The summed E-state index contributed by atoms with van der Waals surface area (Å²) in [5.74, 6) is 0.406. The van der Waals surface area contributed by atoms with E-state index in [9.17, 15) is 4.79 Å². The molecule has 0 unspecified atom stereocenters. The molecule has 3 nitrogen and oxygen atoms in total. The van der Waals surface area contributed by atoms with Gasteiger partial charge in [-0.1, -0.05) is 19.8 Å². The average molecular weight is 252 g/mol. The number of hydrogen-bond acceptors (Lipinski definition) is 2. The Hall–Kier alpha value is -0.570. The molecule has 1 amide bonds. The minimum absolute atomic E-state index is 0.0334. The Morgan fingerprint density at radius 2 is 1.78 bits per heavy atom. The second-order valence-corrected chi connectivity index (χ2v) is 6.33. The first kappa shape index (κ1) is 13.9. The van der Waals surface area contributed by atoms with Crippen LogP contribution < -0.4 is 5.73 Å². The molecule has 104 valence electrons. The molecule has 0 aromatic heterocycles. The molecule has 0 spiro atoms. The van der Waals surface area contributed by atoms with E-state index in [1.54, 1.807) is 0 Å². The van der Waals surface area contributed by atoms with Crippen molar-refractivity contribution >= 4 is 5.91 Å². The Bertz CT molecular complexity index is 289. The Kier molecular flexibility index (Phi) is 4.31. The van der Waals surface area contributed by atoms with Gasteiger partial charge in [0.2, 0.25) is 5.91 Å². The first-order chi connectivity index (χ1) is 8.59. The summed E-state index contributed by atoms with van der Waals surface area (Å²) in [7, 11) is 2.01. The van der Waals surface area contributed by atoms with Gasteiger partial charge in [0.1, 0.15) is 0 Å². The zero-order valence-electron chi connectivity index (χ0n) is 12.0. The van der Waals surface area contributed by atoms with Crippen molar-refractivity contribution in [3.8, 4) is 0 Å². The lowest BCUT2D eigenvalue weighted by Gasteiger charge is -2.39. The lowest BCUT2D eigenvalue weighted by molar-refractivity contribution is -0.143. The van der Waals surface area contributed by atoms with Crippen LogP contribution in [0.25, 0.3) is 0 Å². The van der Waals surface area contributed by atoms with Gasteiger partial charge in [-0.3, -0.25) is 4.79 Å². The SMILES string of the molecule is CCC1(C(=O)N(C)C2CCC(N)CC2)CCCC1. The number of amides is 1. The summed E-state index contributed by atoms with van der Waals surface area (Å²) in [5.41, 5.74) is 5.91. The van der Waals surface area contributed by atoms with Crippen molar-refractivity contribution in [3.05, 3.63) is 0 Å². The van der Waals surface area contributed by atoms with Crippen LogP contribution in [-0.4, -0.2) is 29.9 Å². The second-order valence-electron chi connectivity index (χ2n) is 6.33. The first-order valence-electron chi connectivity index (χ1n) is 7.62. The predicted octanol–water partition coefficient (Wildman–Crippen LogP) is 2.69.